The predicted octanol–water partition coefficient (Wildman–Crippen LogP) is 3.33. The number of hydrogen-bond donors (Lipinski definition) is 0. The van der Waals surface area contributed by atoms with Crippen LogP contribution in [0.25, 0.3) is 0 Å². The summed E-state index contributed by atoms with van der Waals surface area (Å²) in [7, 11) is 0. The van der Waals surface area contributed by atoms with Crippen molar-refractivity contribution in [1.29, 1.82) is 0 Å². The molecule has 2 aliphatic rings. The van der Waals surface area contributed by atoms with E-state index in [9.17, 15) is 0 Å². The van der Waals surface area contributed by atoms with E-state index in [4.69, 9.17) is 9.97 Å². The predicted molar refractivity (Wildman–Crippen MR) is 113 cm³/mol. The SMILES string of the molecule is CCCN1CCN(c2ncc3c(n2)CCN(Cc2ccc(Br)cc2)C3)CC1. The molecule has 0 spiro atoms. The third kappa shape index (κ3) is 4.68. The van der Waals surface area contributed by atoms with Crippen LogP contribution in [0.2, 0.25) is 0 Å². The first-order valence-electron chi connectivity index (χ1n) is 10.00. The average molecular weight is 430 g/mol. The van der Waals surface area contributed by atoms with Gasteiger partial charge in [0.15, 0.2) is 0 Å². The van der Waals surface area contributed by atoms with Crippen LogP contribution in [-0.4, -0.2) is 59.0 Å². The van der Waals surface area contributed by atoms with Gasteiger partial charge in [0.25, 0.3) is 0 Å². The van der Waals surface area contributed by atoms with Gasteiger partial charge >= 0.3 is 0 Å². The topological polar surface area (TPSA) is 35.5 Å². The molecule has 1 aromatic heterocycles. The van der Waals surface area contributed by atoms with Crippen molar-refractivity contribution < 1.29 is 0 Å². The molecule has 0 N–H and O–H groups in total. The molecule has 5 nitrogen and oxygen atoms in total. The van der Waals surface area contributed by atoms with Crippen LogP contribution in [0, 0.1) is 0 Å². The summed E-state index contributed by atoms with van der Waals surface area (Å²) in [6.07, 6.45) is 4.30. The van der Waals surface area contributed by atoms with Gasteiger partial charge in [-0.2, -0.15) is 0 Å². The van der Waals surface area contributed by atoms with E-state index in [1.54, 1.807) is 0 Å². The van der Waals surface area contributed by atoms with Crippen LogP contribution in [0.15, 0.2) is 34.9 Å². The fourth-order valence-corrected chi connectivity index (χ4v) is 4.25. The van der Waals surface area contributed by atoms with Gasteiger partial charge in [0.05, 0.1) is 5.69 Å². The van der Waals surface area contributed by atoms with Crippen LogP contribution in [0.3, 0.4) is 0 Å². The molecule has 144 valence electrons. The van der Waals surface area contributed by atoms with E-state index >= 15 is 0 Å². The van der Waals surface area contributed by atoms with Crippen molar-refractivity contribution in [2.75, 3.05) is 44.2 Å². The maximum Gasteiger partial charge on any atom is 0.225 e. The monoisotopic (exact) mass is 429 g/mol. The second-order valence-corrected chi connectivity index (χ2v) is 8.47. The van der Waals surface area contributed by atoms with Gasteiger partial charge in [-0.3, -0.25) is 9.80 Å². The maximum absolute atomic E-state index is 4.92. The number of aromatic nitrogens is 2. The van der Waals surface area contributed by atoms with Gasteiger partial charge in [-0.05, 0) is 30.7 Å². The number of fused-ring (bicyclic) bond motifs is 1. The van der Waals surface area contributed by atoms with Gasteiger partial charge in [0.1, 0.15) is 0 Å². The summed E-state index contributed by atoms with van der Waals surface area (Å²) in [5, 5.41) is 0. The van der Waals surface area contributed by atoms with Gasteiger partial charge in [0, 0.05) is 68.5 Å². The molecule has 1 aromatic carbocycles. The minimum atomic E-state index is 0.922. The Morgan fingerprint density at radius 3 is 2.52 bits per heavy atom. The normalized spacial score (nSPS) is 18.5. The zero-order chi connectivity index (χ0) is 18.6. The Balaban J connectivity index is 1.37. The average Bonchev–Trinajstić information content (AvgIpc) is 2.70. The van der Waals surface area contributed by atoms with Crippen molar-refractivity contribution in [1.82, 2.24) is 19.8 Å². The summed E-state index contributed by atoms with van der Waals surface area (Å²) in [6.45, 7) is 10.7. The van der Waals surface area contributed by atoms with E-state index in [0.717, 1.165) is 62.7 Å². The van der Waals surface area contributed by atoms with E-state index in [1.807, 2.05) is 0 Å². The summed E-state index contributed by atoms with van der Waals surface area (Å²) >= 11 is 3.51. The fraction of sp³-hybridized carbons (Fsp3) is 0.524. The number of rotatable bonds is 5. The second kappa shape index (κ2) is 8.67. The van der Waals surface area contributed by atoms with Crippen LogP contribution in [0.4, 0.5) is 5.95 Å². The largest absolute Gasteiger partial charge is 0.338 e. The molecule has 0 atom stereocenters. The summed E-state index contributed by atoms with van der Waals surface area (Å²) < 4.78 is 1.13. The van der Waals surface area contributed by atoms with Crippen molar-refractivity contribution in [2.45, 2.75) is 32.9 Å². The molecule has 1 saturated heterocycles. The molecular weight excluding hydrogens is 402 g/mol. The standard InChI is InChI=1S/C21H28BrN5/c1-2-8-25-10-12-27(13-11-25)21-23-14-18-16-26(9-7-20(18)24-21)15-17-3-5-19(22)6-4-17/h3-6,14H,2,7-13,15-16H2,1H3. The third-order valence-electron chi connectivity index (χ3n) is 5.51. The molecule has 6 heteroatoms. The summed E-state index contributed by atoms with van der Waals surface area (Å²) in [5.74, 6) is 0.922. The molecule has 2 aromatic rings. The molecule has 1 fully saturated rings. The lowest BCUT2D eigenvalue weighted by atomic mass is 10.1. The molecule has 0 saturated carbocycles. The molecule has 0 radical (unpaired) electrons. The molecule has 0 aliphatic carbocycles. The maximum atomic E-state index is 4.92. The Morgan fingerprint density at radius 1 is 1.00 bits per heavy atom. The van der Waals surface area contributed by atoms with Crippen molar-refractivity contribution >= 4 is 21.9 Å². The van der Waals surface area contributed by atoms with Crippen LogP contribution < -0.4 is 4.90 Å². The van der Waals surface area contributed by atoms with Crippen LogP contribution in [-0.2, 0) is 19.5 Å². The number of anilines is 1. The number of halogens is 1. The number of nitrogens with zero attached hydrogens (tertiary/aromatic N) is 5. The van der Waals surface area contributed by atoms with E-state index < -0.39 is 0 Å². The first kappa shape index (κ1) is 18.8. The molecule has 3 heterocycles. The summed E-state index contributed by atoms with van der Waals surface area (Å²) in [6, 6.07) is 8.61. The number of hydrogen-bond acceptors (Lipinski definition) is 5. The minimum Gasteiger partial charge on any atom is -0.338 e. The van der Waals surface area contributed by atoms with Gasteiger partial charge < -0.3 is 4.90 Å². The van der Waals surface area contributed by atoms with Crippen LogP contribution in [0.1, 0.15) is 30.2 Å². The van der Waals surface area contributed by atoms with E-state index in [0.29, 0.717) is 0 Å². The smallest absolute Gasteiger partial charge is 0.225 e. The summed E-state index contributed by atoms with van der Waals surface area (Å²) in [5.41, 5.74) is 3.87. The quantitative estimate of drug-likeness (QED) is 0.727. The molecule has 27 heavy (non-hydrogen) atoms. The highest BCUT2D eigenvalue weighted by molar-refractivity contribution is 9.10. The highest BCUT2D eigenvalue weighted by Gasteiger charge is 2.22. The number of benzene rings is 1. The highest BCUT2D eigenvalue weighted by atomic mass is 79.9. The fourth-order valence-electron chi connectivity index (χ4n) is 3.99. The Bertz CT molecular complexity index is 756. The van der Waals surface area contributed by atoms with E-state index in [-0.39, 0.29) is 0 Å². The van der Waals surface area contributed by atoms with Crippen LogP contribution in [0.5, 0.6) is 0 Å². The molecule has 0 unspecified atom stereocenters. The van der Waals surface area contributed by atoms with Gasteiger partial charge in [-0.1, -0.05) is 35.0 Å². The Hall–Kier alpha value is -1.50. The van der Waals surface area contributed by atoms with Gasteiger partial charge in [-0.25, -0.2) is 9.97 Å². The van der Waals surface area contributed by atoms with Crippen molar-refractivity contribution in [3.8, 4) is 0 Å². The molecule has 4 rings (SSSR count). The molecule has 0 bridgehead atoms. The second-order valence-electron chi connectivity index (χ2n) is 7.56. The van der Waals surface area contributed by atoms with Gasteiger partial charge in [0.2, 0.25) is 5.95 Å². The first-order valence-corrected chi connectivity index (χ1v) is 10.8. The lowest BCUT2D eigenvalue weighted by molar-refractivity contribution is 0.242. The van der Waals surface area contributed by atoms with Crippen molar-refractivity contribution in [3.05, 3.63) is 51.8 Å². The Morgan fingerprint density at radius 2 is 1.78 bits per heavy atom. The van der Waals surface area contributed by atoms with Crippen molar-refractivity contribution in [3.63, 3.8) is 0 Å². The highest BCUT2D eigenvalue weighted by Crippen LogP contribution is 2.22. The molecule has 2 aliphatic heterocycles. The minimum absolute atomic E-state index is 0.922. The lowest BCUT2D eigenvalue weighted by Crippen LogP contribution is -2.47. The number of piperazine rings is 1. The molecule has 0 amide bonds. The van der Waals surface area contributed by atoms with Crippen LogP contribution >= 0.6 is 15.9 Å². The molecular formula is C21H28BrN5. The zero-order valence-corrected chi connectivity index (χ0v) is 17.7. The Labute approximate surface area is 170 Å². The van der Waals surface area contributed by atoms with Gasteiger partial charge in [-0.15, -0.1) is 0 Å². The Kier molecular flexibility index (Phi) is 6.05. The third-order valence-corrected chi connectivity index (χ3v) is 6.04. The van der Waals surface area contributed by atoms with E-state index in [1.165, 1.54) is 29.8 Å². The van der Waals surface area contributed by atoms with E-state index in [2.05, 4.69) is 68.0 Å². The van der Waals surface area contributed by atoms with Crippen molar-refractivity contribution in [2.24, 2.45) is 0 Å². The summed E-state index contributed by atoms with van der Waals surface area (Å²) in [4.78, 5) is 17.0. The zero-order valence-electron chi connectivity index (χ0n) is 16.1. The lowest BCUT2D eigenvalue weighted by Gasteiger charge is -2.35. The first-order chi connectivity index (χ1) is 13.2.